The summed E-state index contributed by atoms with van der Waals surface area (Å²) in [6.07, 6.45) is 3.83. The number of rotatable bonds is 5. The lowest BCUT2D eigenvalue weighted by Gasteiger charge is -2.18. The van der Waals surface area contributed by atoms with Gasteiger partial charge < -0.3 is 10.0 Å². The molecule has 1 rings (SSSR count). The molecule has 4 heteroatoms. The van der Waals surface area contributed by atoms with Crippen molar-refractivity contribution in [2.45, 2.75) is 6.61 Å². The SMILES string of the molecule is CSCCN(C)c1ccnc(CO)c1. The van der Waals surface area contributed by atoms with E-state index in [2.05, 4.69) is 16.1 Å². The summed E-state index contributed by atoms with van der Waals surface area (Å²) in [5.41, 5.74) is 1.83. The van der Waals surface area contributed by atoms with Gasteiger partial charge in [-0.3, -0.25) is 4.98 Å². The largest absolute Gasteiger partial charge is 0.390 e. The van der Waals surface area contributed by atoms with Crippen LogP contribution in [0.4, 0.5) is 5.69 Å². The number of nitrogens with zero attached hydrogens (tertiary/aromatic N) is 2. The van der Waals surface area contributed by atoms with E-state index < -0.39 is 0 Å². The van der Waals surface area contributed by atoms with Gasteiger partial charge in [0.2, 0.25) is 0 Å². The molecule has 1 aromatic heterocycles. The maximum Gasteiger partial charge on any atom is 0.0853 e. The van der Waals surface area contributed by atoms with Crippen LogP contribution in [0.2, 0.25) is 0 Å². The Hall–Kier alpha value is -0.740. The number of thioether (sulfide) groups is 1. The van der Waals surface area contributed by atoms with Gasteiger partial charge in [0.15, 0.2) is 0 Å². The Morgan fingerprint density at radius 1 is 1.57 bits per heavy atom. The molecular formula is C10H16N2OS. The maximum absolute atomic E-state index is 8.93. The van der Waals surface area contributed by atoms with Gasteiger partial charge in [0, 0.05) is 31.2 Å². The lowest BCUT2D eigenvalue weighted by molar-refractivity contribution is 0.277. The Bertz CT molecular complexity index is 281. The first-order chi connectivity index (χ1) is 6.77. The quantitative estimate of drug-likeness (QED) is 0.800. The van der Waals surface area contributed by atoms with Crippen LogP contribution >= 0.6 is 11.8 Å². The molecule has 3 nitrogen and oxygen atoms in total. The molecule has 0 saturated carbocycles. The molecule has 0 aromatic carbocycles. The lowest BCUT2D eigenvalue weighted by Crippen LogP contribution is -2.20. The molecule has 0 atom stereocenters. The Morgan fingerprint density at radius 3 is 3.00 bits per heavy atom. The van der Waals surface area contributed by atoms with E-state index in [4.69, 9.17) is 5.11 Å². The van der Waals surface area contributed by atoms with Gasteiger partial charge >= 0.3 is 0 Å². The minimum absolute atomic E-state index is 0.00417. The van der Waals surface area contributed by atoms with Crippen LogP contribution in [-0.4, -0.2) is 35.7 Å². The number of aliphatic hydroxyl groups is 1. The fourth-order valence-electron chi connectivity index (χ4n) is 1.15. The summed E-state index contributed by atoms with van der Waals surface area (Å²) in [7, 11) is 2.05. The van der Waals surface area contributed by atoms with Crippen LogP contribution in [0.3, 0.4) is 0 Å². The first-order valence-corrected chi connectivity index (χ1v) is 5.93. The van der Waals surface area contributed by atoms with Crippen molar-refractivity contribution in [3.63, 3.8) is 0 Å². The van der Waals surface area contributed by atoms with E-state index >= 15 is 0 Å². The number of pyridine rings is 1. The minimum Gasteiger partial charge on any atom is -0.390 e. The van der Waals surface area contributed by atoms with Crippen LogP contribution in [0.25, 0.3) is 0 Å². The van der Waals surface area contributed by atoms with Gasteiger partial charge in [-0.15, -0.1) is 0 Å². The molecule has 14 heavy (non-hydrogen) atoms. The second kappa shape index (κ2) is 5.88. The van der Waals surface area contributed by atoms with Gasteiger partial charge in [0.25, 0.3) is 0 Å². The van der Waals surface area contributed by atoms with Gasteiger partial charge in [0.1, 0.15) is 0 Å². The monoisotopic (exact) mass is 212 g/mol. The Morgan fingerprint density at radius 2 is 2.36 bits per heavy atom. The summed E-state index contributed by atoms with van der Waals surface area (Å²) in [5.74, 6) is 1.10. The van der Waals surface area contributed by atoms with Crippen molar-refractivity contribution in [3.05, 3.63) is 24.0 Å². The third-order valence-corrected chi connectivity index (χ3v) is 2.62. The van der Waals surface area contributed by atoms with Crippen molar-refractivity contribution < 1.29 is 5.11 Å². The molecule has 0 saturated heterocycles. The highest BCUT2D eigenvalue weighted by molar-refractivity contribution is 7.98. The van der Waals surface area contributed by atoms with Crippen molar-refractivity contribution in [2.24, 2.45) is 0 Å². The van der Waals surface area contributed by atoms with Gasteiger partial charge in [-0.1, -0.05) is 0 Å². The highest BCUT2D eigenvalue weighted by atomic mass is 32.2. The number of aromatic nitrogens is 1. The Labute approximate surface area is 89.2 Å². The summed E-state index contributed by atoms with van der Waals surface area (Å²) in [5, 5.41) is 8.93. The zero-order valence-electron chi connectivity index (χ0n) is 8.60. The predicted molar refractivity (Wildman–Crippen MR) is 61.8 cm³/mol. The fraction of sp³-hybridized carbons (Fsp3) is 0.500. The van der Waals surface area contributed by atoms with Crippen LogP contribution in [0.5, 0.6) is 0 Å². The second-order valence-corrected chi connectivity index (χ2v) is 4.06. The Kier molecular flexibility index (Phi) is 4.76. The minimum atomic E-state index is 0.00417. The molecule has 0 fully saturated rings. The highest BCUT2D eigenvalue weighted by Gasteiger charge is 2.01. The number of aliphatic hydroxyl groups excluding tert-OH is 1. The zero-order chi connectivity index (χ0) is 10.4. The van der Waals surface area contributed by atoms with Crippen LogP contribution in [-0.2, 0) is 6.61 Å². The third kappa shape index (κ3) is 3.20. The molecule has 0 aliphatic heterocycles. The van der Waals surface area contributed by atoms with Crippen molar-refractivity contribution in [1.82, 2.24) is 4.98 Å². The molecular weight excluding hydrogens is 196 g/mol. The summed E-state index contributed by atoms with van der Waals surface area (Å²) < 4.78 is 0. The molecule has 1 heterocycles. The van der Waals surface area contributed by atoms with Gasteiger partial charge in [0.05, 0.1) is 12.3 Å². The fourth-order valence-corrected chi connectivity index (χ4v) is 1.60. The summed E-state index contributed by atoms with van der Waals surface area (Å²) in [6, 6.07) is 3.87. The van der Waals surface area contributed by atoms with Crippen LogP contribution < -0.4 is 4.90 Å². The van der Waals surface area contributed by atoms with Gasteiger partial charge in [-0.05, 0) is 18.4 Å². The van der Waals surface area contributed by atoms with Crippen molar-refractivity contribution >= 4 is 17.4 Å². The number of anilines is 1. The van der Waals surface area contributed by atoms with E-state index in [1.54, 1.807) is 6.20 Å². The standard InChI is InChI=1S/C10H16N2OS/c1-12(5-6-14-2)10-3-4-11-9(7-10)8-13/h3-4,7,13H,5-6,8H2,1-2H3. The van der Waals surface area contributed by atoms with E-state index in [1.807, 2.05) is 30.9 Å². The second-order valence-electron chi connectivity index (χ2n) is 3.08. The van der Waals surface area contributed by atoms with Crippen molar-refractivity contribution in [1.29, 1.82) is 0 Å². The van der Waals surface area contributed by atoms with E-state index in [0.717, 1.165) is 23.7 Å². The molecule has 1 aromatic rings. The molecule has 1 N–H and O–H groups in total. The maximum atomic E-state index is 8.93. The topological polar surface area (TPSA) is 36.4 Å². The normalized spacial score (nSPS) is 10.2. The third-order valence-electron chi connectivity index (χ3n) is 2.03. The molecule has 0 aliphatic rings. The van der Waals surface area contributed by atoms with Gasteiger partial charge in [-0.25, -0.2) is 0 Å². The predicted octanol–water partition coefficient (Wildman–Crippen LogP) is 1.37. The van der Waals surface area contributed by atoms with E-state index in [-0.39, 0.29) is 6.61 Å². The molecule has 78 valence electrons. The average Bonchev–Trinajstić information content (AvgIpc) is 2.26. The first-order valence-electron chi connectivity index (χ1n) is 4.53. The molecule has 0 bridgehead atoms. The van der Waals surface area contributed by atoms with E-state index in [0.29, 0.717) is 0 Å². The molecule has 0 spiro atoms. The molecule has 0 aliphatic carbocycles. The van der Waals surface area contributed by atoms with Crippen LogP contribution in [0, 0.1) is 0 Å². The molecule has 0 amide bonds. The highest BCUT2D eigenvalue weighted by Crippen LogP contribution is 2.13. The number of hydrogen-bond donors (Lipinski definition) is 1. The summed E-state index contributed by atoms with van der Waals surface area (Å²) in [6.45, 7) is 1.01. The summed E-state index contributed by atoms with van der Waals surface area (Å²) >= 11 is 1.83. The Balaban J connectivity index is 2.64. The van der Waals surface area contributed by atoms with Crippen molar-refractivity contribution in [3.8, 4) is 0 Å². The van der Waals surface area contributed by atoms with Crippen molar-refractivity contribution in [2.75, 3.05) is 30.5 Å². The molecule has 0 radical (unpaired) electrons. The summed E-state index contributed by atoms with van der Waals surface area (Å²) in [4.78, 5) is 6.20. The molecule has 0 unspecified atom stereocenters. The van der Waals surface area contributed by atoms with Crippen LogP contribution in [0.1, 0.15) is 5.69 Å². The smallest absolute Gasteiger partial charge is 0.0853 e. The van der Waals surface area contributed by atoms with Crippen LogP contribution in [0.15, 0.2) is 18.3 Å². The number of hydrogen-bond acceptors (Lipinski definition) is 4. The van der Waals surface area contributed by atoms with E-state index in [1.165, 1.54) is 0 Å². The first kappa shape index (κ1) is 11.3. The van der Waals surface area contributed by atoms with Gasteiger partial charge in [-0.2, -0.15) is 11.8 Å². The zero-order valence-corrected chi connectivity index (χ0v) is 9.42. The van der Waals surface area contributed by atoms with E-state index in [9.17, 15) is 0 Å². The lowest BCUT2D eigenvalue weighted by atomic mass is 10.3. The average molecular weight is 212 g/mol.